The van der Waals surface area contributed by atoms with Crippen LogP contribution in [-0.2, 0) is 16.0 Å². The average Bonchev–Trinajstić information content (AvgIpc) is 3.47. The molecule has 0 bridgehead atoms. The molecule has 2 saturated heterocycles. The van der Waals surface area contributed by atoms with Gasteiger partial charge in [-0.1, -0.05) is 12.1 Å². The third-order valence-electron chi connectivity index (χ3n) is 6.92. The Bertz CT molecular complexity index is 1340. The highest BCUT2D eigenvalue weighted by molar-refractivity contribution is 6.26. The number of morpholine rings is 2. The van der Waals surface area contributed by atoms with Crippen LogP contribution in [-0.4, -0.2) is 89.6 Å². The van der Waals surface area contributed by atoms with Gasteiger partial charge < -0.3 is 19.9 Å². The Hall–Kier alpha value is -3.77. The molecule has 1 aromatic heterocycles. The zero-order chi connectivity index (χ0) is 25.4. The summed E-state index contributed by atoms with van der Waals surface area (Å²) >= 11 is 0. The number of ether oxygens (including phenoxy) is 2. The van der Waals surface area contributed by atoms with E-state index in [9.17, 15) is 14.7 Å². The summed E-state index contributed by atoms with van der Waals surface area (Å²) in [7, 11) is 0. The van der Waals surface area contributed by atoms with Crippen LogP contribution in [0.5, 0.6) is 5.75 Å². The lowest BCUT2D eigenvalue weighted by molar-refractivity contribution is 0.0207. The number of nitrogens with one attached hydrogen (secondary N) is 3. The highest BCUT2D eigenvalue weighted by atomic mass is 16.5. The highest BCUT2D eigenvalue weighted by Gasteiger charge is 2.35. The molecule has 0 radical (unpaired) electrons. The number of rotatable bonds is 5. The Kier molecular flexibility index (Phi) is 6.35. The molecule has 0 unspecified atom stereocenters. The van der Waals surface area contributed by atoms with Crippen LogP contribution in [0.4, 0.5) is 10.5 Å². The van der Waals surface area contributed by atoms with Crippen LogP contribution in [0.2, 0.25) is 0 Å². The van der Waals surface area contributed by atoms with Crippen LogP contribution in [0.25, 0.3) is 22.5 Å². The number of ketones is 1. The van der Waals surface area contributed by atoms with Gasteiger partial charge in [0, 0.05) is 49.4 Å². The Balaban J connectivity index is 1.26. The first-order chi connectivity index (χ1) is 18.1. The SMILES string of the molecule is O=C(Nc1cccc2c1C(=O)c1c(-c3ccc(O)c(CN4CCOCC4)c3)n[nH]c1-2)NN1CCOCC1. The van der Waals surface area contributed by atoms with Gasteiger partial charge in [-0.05, 0) is 24.3 Å². The van der Waals surface area contributed by atoms with Gasteiger partial charge in [0.1, 0.15) is 11.4 Å². The molecule has 0 atom stereocenters. The lowest BCUT2D eigenvalue weighted by atomic mass is 10.0. The number of phenols is 1. The van der Waals surface area contributed by atoms with E-state index in [4.69, 9.17) is 9.47 Å². The van der Waals surface area contributed by atoms with Crippen LogP contribution in [0.3, 0.4) is 0 Å². The average molecular weight is 505 g/mol. The van der Waals surface area contributed by atoms with Crippen molar-refractivity contribution in [2.45, 2.75) is 6.54 Å². The number of hydrazine groups is 1. The van der Waals surface area contributed by atoms with E-state index in [-0.39, 0.29) is 11.5 Å². The Morgan fingerprint density at radius 1 is 1.03 bits per heavy atom. The second-order valence-electron chi connectivity index (χ2n) is 9.28. The molecule has 4 N–H and O–H groups in total. The lowest BCUT2D eigenvalue weighted by Crippen LogP contribution is -2.49. The largest absolute Gasteiger partial charge is 0.508 e. The van der Waals surface area contributed by atoms with Crippen LogP contribution in [0, 0.1) is 0 Å². The molecular formula is C26H28N6O5. The second-order valence-corrected chi connectivity index (χ2v) is 9.28. The molecule has 11 heteroatoms. The molecule has 2 fully saturated rings. The number of fused-ring (bicyclic) bond motifs is 3. The summed E-state index contributed by atoms with van der Waals surface area (Å²) in [4.78, 5) is 28.5. The zero-order valence-electron chi connectivity index (χ0n) is 20.2. The van der Waals surface area contributed by atoms with E-state index in [0.29, 0.717) is 79.8 Å². The lowest BCUT2D eigenvalue weighted by Gasteiger charge is -2.27. The number of nitrogens with zero attached hydrogens (tertiary/aromatic N) is 3. The number of H-pyrrole nitrogens is 1. The van der Waals surface area contributed by atoms with Crippen LogP contribution in [0.1, 0.15) is 21.5 Å². The molecule has 2 aliphatic heterocycles. The van der Waals surface area contributed by atoms with Crippen molar-refractivity contribution in [3.05, 3.63) is 53.1 Å². The predicted molar refractivity (Wildman–Crippen MR) is 135 cm³/mol. The summed E-state index contributed by atoms with van der Waals surface area (Å²) in [6.45, 7) is 5.80. The maximum absolute atomic E-state index is 13.7. The van der Waals surface area contributed by atoms with Gasteiger partial charge in [0.2, 0.25) is 0 Å². The normalized spacial score (nSPS) is 17.9. The minimum Gasteiger partial charge on any atom is -0.508 e. The number of anilines is 1. The molecule has 1 aliphatic carbocycles. The molecule has 3 aliphatic rings. The van der Waals surface area contributed by atoms with Crippen LogP contribution >= 0.6 is 0 Å². The Morgan fingerprint density at radius 2 is 1.78 bits per heavy atom. The van der Waals surface area contributed by atoms with Gasteiger partial charge >= 0.3 is 6.03 Å². The van der Waals surface area contributed by atoms with Crippen molar-refractivity contribution in [2.75, 3.05) is 57.9 Å². The fourth-order valence-corrected chi connectivity index (χ4v) is 5.03. The highest BCUT2D eigenvalue weighted by Crippen LogP contribution is 2.43. The molecular weight excluding hydrogens is 476 g/mol. The van der Waals surface area contributed by atoms with E-state index in [1.165, 1.54) is 0 Å². The van der Waals surface area contributed by atoms with Gasteiger partial charge in [-0.3, -0.25) is 20.2 Å². The molecule has 2 amide bonds. The molecule has 3 aromatic rings. The van der Waals surface area contributed by atoms with Gasteiger partial charge in [-0.25, -0.2) is 9.80 Å². The van der Waals surface area contributed by atoms with E-state index in [0.717, 1.165) is 24.2 Å². The zero-order valence-corrected chi connectivity index (χ0v) is 20.2. The third kappa shape index (κ3) is 4.58. The van der Waals surface area contributed by atoms with E-state index >= 15 is 0 Å². The Morgan fingerprint density at radius 3 is 2.57 bits per heavy atom. The van der Waals surface area contributed by atoms with E-state index in [1.807, 2.05) is 12.1 Å². The van der Waals surface area contributed by atoms with Crippen molar-refractivity contribution in [3.8, 4) is 28.3 Å². The number of benzene rings is 2. The summed E-state index contributed by atoms with van der Waals surface area (Å²) in [6, 6.07) is 10.2. The fraction of sp³-hybridized carbons (Fsp3) is 0.346. The van der Waals surface area contributed by atoms with Crippen molar-refractivity contribution in [3.63, 3.8) is 0 Å². The number of hydrogen-bond donors (Lipinski definition) is 4. The Labute approximate surface area is 213 Å². The number of hydrogen-bond acceptors (Lipinski definition) is 8. The van der Waals surface area contributed by atoms with E-state index in [1.54, 1.807) is 29.3 Å². The van der Waals surface area contributed by atoms with Crippen LogP contribution in [0.15, 0.2) is 36.4 Å². The predicted octanol–water partition coefficient (Wildman–Crippen LogP) is 2.19. The first-order valence-electron chi connectivity index (χ1n) is 12.4. The van der Waals surface area contributed by atoms with Crippen molar-refractivity contribution < 1.29 is 24.2 Å². The maximum atomic E-state index is 13.7. The first kappa shape index (κ1) is 23.6. The standard InChI is InChI=1S/C26H28N6O5/c33-20-5-4-16(14-17(20)15-31-6-10-36-11-7-31)23-22-24(29-28-23)18-2-1-3-19(21(18)25(22)34)27-26(35)30-32-8-12-37-13-9-32/h1-5,14,33H,6-13,15H2,(H,28,29)(H2,27,30,35). The minimum absolute atomic E-state index is 0.204. The number of urea groups is 1. The molecule has 0 saturated carbocycles. The van der Waals surface area contributed by atoms with E-state index < -0.39 is 6.03 Å². The molecule has 192 valence electrons. The fourth-order valence-electron chi connectivity index (χ4n) is 5.03. The van der Waals surface area contributed by atoms with Gasteiger partial charge in [0.05, 0.1) is 48.9 Å². The molecule has 11 nitrogen and oxygen atoms in total. The molecule has 2 aromatic carbocycles. The van der Waals surface area contributed by atoms with Crippen molar-refractivity contribution in [1.29, 1.82) is 0 Å². The van der Waals surface area contributed by atoms with Gasteiger partial charge in [0.25, 0.3) is 0 Å². The van der Waals surface area contributed by atoms with Crippen LogP contribution < -0.4 is 10.7 Å². The number of phenolic OH excluding ortho intramolecular Hbond substituents is 1. The van der Waals surface area contributed by atoms with Gasteiger partial charge in [0.15, 0.2) is 5.78 Å². The number of carbonyl (C=O) groups excluding carboxylic acids is 2. The van der Waals surface area contributed by atoms with Crippen molar-refractivity contribution >= 4 is 17.5 Å². The summed E-state index contributed by atoms with van der Waals surface area (Å²) in [5.41, 5.74) is 7.45. The monoisotopic (exact) mass is 504 g/mol. The summed E-state index contributed by atoms with van der Waals surface area (Å²) in [5, 5.41) is 22.6. The third-order valence-corrected chi connectivity index (χ3v) is 6.92. The number of aromatic nitrogens is 2. The second kappa shape index (κ2) is 9.94. The summed E-state index contributed by atoms with van der Waals surface area (Å²) in [6.07, 6.45) is 0. The van der Waals surface area contributed by atoms with E-state index in [2.05, 4.69) is 25.8 Å². The number of amides is 2. The smallest absolute Gasteiger partial charge is 0.333 e. The minimum atomic E-state index is -0.414. The maximum Gasteiger partial charge on any atom is 0.333 e. The molecule has 37 heavy (non-hydrogen) atoms. The van der Waals surface area contributed by atoms with Gasteiger partial charge in [-0.15, -0.1) is 0 Å². The molecule has 6 rings (SSSR count). The number of aromatic hydroxyl groups is 1. The number of carbonyl (C=O) groups is 2. The molecule has 0 spiro atoms. The summed E-state index contributed by atoms with van der Waals surface area (Å²) < 4.78 is 10.7. The van der Waals surface area contributed by atoms with Gasteiger partial charge in [-0.2, -0.15) is 5.10 Å². The topological polar surface area (TPSA) is 132 Å². The number of aromatic amines is 1. The van der Waals surface area contributed by atoms with Crippen molar-refractivity contribution in [2.24, 2.45) is 0 Å². The summed E-state index contributed by atoms with van der Waals surface area (Å²) in [5.74, 6) is -0.00590. The quantitative estimate of drug-likeness (QED) is 0.325. The molecule has 3 heterocycles. The van der Waals surface area contributed by atoms with Crippen molar-refractivity contribution in [1.82, 2.24) is 25.5 Å². The first-order valence-corrected chi connectivity index (χ1v) is 12.4.